The smallest absolute Gasteiger partial charge is 0.259 e. The van der Waals surface area contributed by atoms with E-state index < -0.39 is 0 Å². The predicted octanol–water partition coefficient (Wildman–Crippen LogP) is 1.83. The van der Waals surface area contributed by atoms with Crippen LogP contribution in [0.5, 0.6) is 0 Å². The number of carbonyl (C=O) groups is 1. The van der Waals surface area contributed by atoms with Crippen LogP contribution in [0.25, 0.3) is 5.65 Å². The normalized spacial score (nSPS) is 10.9. The number of H-pyrrole nitrogens is 1. The number of hydrogen-bond donors (Lipinski definition) is 2. The van der Waals surface area contributed by atoms with Gasteiger partial charge in [-0.2, -0.15) is 4.98 Å². The first kappa shape index (κ1) is 14.9. The van der Waals surface area contributed by atoms with Crippen LogP contribution in [0.3, 0.4) is 0 Å². The van der Waals surface area contributed by atoms with E-state index in [9.17, 15) is 9.18 Å². The van der Waals surface area contributed by atoms with Crippen molar-refractivity contribution in [2.75, 3.05) is 5.32 Å². The second-order valence-electron chi connectivity index (χ2n) is 5.38. The Kier molecular flexibility index (Phi) is 3.65. The highest BCUT2D eigenvalue weighted by Gasteiger charge is 2.11. The van der Waals surface area contributed by atoms with Gasteiger partial charge in [0.15, 0.2) is 5.65 Å². The summed E-state index contributed by atoms with van der Waals surface area (Å²) in [5.41, 5.74) is 1.96. The zero-order valence-electron chi connectivity index (χ0n) is 12.8. The molecule has 4 rings (SSSR count). The molecule has 1 aromatic carbocycles. The Hall–Kier alpha value is -3.62. The molecule has 0 saturated carbocycles. The third-order valence-corrected chi connectivity index (χ3v) is 3.59. The summed E-state index contributed by atoms with van der Waals surface area (Å²) in [4.78, 5) is 16.5. The number of carbonyl (C=O) groups excluding carboxylic acids is 1. The van der Waals surface area contributed by atoms with Gasteiger partial charge in [0, 0.05) is 12.6 Å². The van der Waals surface area contributed by atoms with E-state index in [1.165, 1.54) is 18.5 Å². The fourth-order valence-corrected chi connectivity index (χ4v) is 2.36. The van der Waals surface area contributed by atoms with E-state index in [1.54, 1.807) is 34.9 Å². The van der Waals surface area contributed by atoms with Gasteiger partial charge in [-0.25, -0.2) is 4.39 Å². The molecule has 0 spiro atoms. The largest absolute Gasteiger partial charge is 0.289 e. The molecule has 9 heteroatoms. The number of rotatable bonds is 4. The van der Waals surface area contributed by atoms with Crippen LogP contribution >= 0.6 is 0 Å². The molecule has 0 unspecified atom stereocenters. The molecule has 3 heterocycles. The topological polar surface area (TPSA) is 101 Å². The lowest BCUT2D eigenvalue weighted by Gasteiger charge is -2.01. The number of nitrogens with one attached hydrogen (secondary N) is 2. The number of benzene rings is 1. The van der Waals surface area contributed by atoms with E-state index in [0.29, 0.717) is 23.5 Å². The van der Waals surface area contributed by atoms with Gasteiger partial charge < -0.3 is 0 Å². The maximum Gasteiger partial charge on any atom is 0.259 e. The van der Waals surface area contributed by atoms with E-state index in [-0.39, 0.29) is 17.7 Å². The van der Waals surface area contributed by atoms with Crippen LogP contribution < -0.4 is 5.32 Å². The molecule has 0 aliphatic heterocycles. The summed E-state index contributed by atoms with van der Waals surface area (Å²) in [6.07, 6.45) is 3.59. The van der Waals surface area contributed by atoms with Crippen molar-refractivity contribution in [2.45, 2.75) is 6.42 Å². The molecule has 1 amide bonds. The number of fused-ring (bicyclic) bond motifs is 1. The third kappa shape index (κ3) is 3.20. The van der Waals surface area contributed by atoms with Crippen molar-refractivity contribution in [3.63, 3.8) is 0 Å². The molecule has 8 nitrogen and oxygen atoms in total. The van der Waals surface area contributed by atoms with E-state index in [2.05, 4.69) is 30.7 Å². The SMILES string of the molecule is O=C(Nc1n[nH]c(Cc2ccc(F)cc2)n1)c1ccc2nncn2c1. The molecular weight excluding hydrogens is 325 g/mol. The molecule has 0 aliphatic rings. The Bertz CT molecular complexity index is 1040. The summed E-state index contributed by atoms with van der Waals surface area (Å²) in [7, 11) is 0. The molecule has 4 aromatic rings. The Balaban J connectivity index is 1.46. The van der Waals surface area contributed by atoms with Crippen LogP contribution in [0.4, 0.5) is 10.3 Å². The Labute approximate surface area is 140 Å². The second-order valence-corrected chi connectivity index (χ2v) is 5.38. The van der Waals surface area contributed by atoms with Crippen LogP contribution in [0, 0.1) is 5.82 Å². The maximum absolute atomic E-state index is 12.9. The average molecular weight is 337 g/mol. The molecule has 25 heavy (non-hydrogen) atoms. The molecule has 124 valence electrons. The molecule has 3 aromatic heterocycles. The zero-order valence-corrected chi connectivity index (χ0v) is 12.8. The minimum atomic E-state index is -0.345. The average Bonchev–Trinajstić information content (AvgIpc) is 3.25. The van der Waals surface area contributed by atoms with Gasteiger partial charge >= 0.3 is 0 Å². The molecule has 2 N–H and O–H groups in total. The summed E-state index contributed by atoms with van der Waals surface area (Å²) in [5.74, 6) is 0.101. The number of hydrogen-bond acceptors (Lipinski definition) is 5. The molecule has 0 fully saturated rings. The van der Waals surface area contributed by atoms with Gasteiger partial charge in [-0.05, 0) is 29.8 Å². The van der Waals surface area contributed by atoms with Crippen molar-refractivity contribution in [1.29, 1.82) is 0 Å². The van der Waals surface area contributed by atoms with Crippen molar-refractivity contribution in [1.82, 2.24) is 29.8 Å². The monoisotopic (exact) mass is 337 g/mol. The van der Waals surface area contributed by atoms with Crippen molar-refractivity contribution < 1.29 is 9.18 Å². The highest BCUT2D eigenvalue weighted by Crippen LogP contribution is 2.10. The van der Waals surface area contributed by atoms with Crippen LogP contribution in [0.15, 0.2) is 48.9 Å². The lowest BCUT2D eigenvalue weighted by molar-refractivity contribution is 0.102. The molecule has 0 atom stereocenters. The zero-order chi connectivity index (χ0) is 17.2. The van der Waals surface area contributed by atoms with Gasteiger partial charge in [-0.3, -0.25) is 19.6 Å². The number of amides is 1. The standard InChI is InChI=1S/C16H12FN7O/c17-12-4-1-10(2-5-12)7-13-19-16(23-21-13)20-15(25)11-3-6-14-22-18-9-24(14)8-11/h1-6,8-9H,7H2,(H2,19,20,21,23,25). The summed E-state index contributed by atoms with van der Waals surface area (Å²) in [6.45, 7) is 0. The number of aromatic nitrogens is 6. The van der Waals surface area contributed by atoms with Crippen molar-refractivity contribution in [3.8, 4) is 0 Å². The van der Waals surface area contributed by atoms with Gasteiger partial charge in [-0.15, -0.1) is 15.3 Å². The second kappa shape index (κ2) is 6.11. The fraction of sp³-hybridized carbons (Fsp3) is 0.0625. The quantitative estimate of drug-likeness (QED) is 0.592. The highest BCUT2D eigenvalue weighted by atomic mass is 19.1. The Morgan fingerprint density at radius 1 is 1.20 bits per heavy atom. The van der Waals surface area contributed by atoms with Crippen molar-refractivity contribution >= 4 is 17.5 Å². The summed E-state index contributed by atoms with van der Waals surface area (Å²) in [5, 5.41) is 17.0. The van der Waals surface area contributed by atoms with E-state index >= 15 is 0 Å². The lowest BCUT2D eigenvalue weighted by Crippen LogP contribution is -2.13. The first-order valence-electron chi connectivity index (χ1n) is 7.44. The number of halogens is 1. The molecule has 0 bridgehead atoms. The Morgan fingerprint density at radius 3 is 2.88 bits per heavy atom. The molecule has 0 aliphatic carbocycles. The van der Waals surface area contributed by atoms with E-state index in [4.69, 9.17) is 0 Å². The van der Waals surface area contributed by atoms with E-state index in [0.717, 1.165) is 5.56 Å². The van der Waals surface area contributed by atoms with Crippen molar-refractivity contribution in [2.24, 2.45) is 0 Å². The summed E-state index contributed by atoms with van der Waals surface area (Å²) < 4.78 is 14.6. The number of anilines is 1. The number of pyridine rings is 1. The summed E-state index contributed by atoms with van der Waals surface area (Å²) >= 11 is 0. The van der Waals surface area contributed by atoms with Gasteiger partial charge in [0.2, 0.25) is 5.95 Å². The highest BCUT2D eigenvalue weighted by molar-refractivity contribution is 6.03. The van der Waals surface area contributed by atoms with Crippen LogP contribution in [0.1, 0.15) is 21.7 Å². The van der Waals surface area contributed by atoms with E-state index in [1.807, 2.05) is 0 Å². The fourth-order valence-electron chi connectivity index (χ4n) is 2.36. The maximum atomic E-state index is 12.9. The first-order valence-corrected chi connectivity index (χ1v) is 7.44. The van der Waals surface area contributed by atoms with Crippen molar-refractivity contribution in [3.05, 3.63) is 71.7 Å². The van der Waals surface area contributed by atoms with Crippen LogP contribution in [0.2, 0.25) is 0 Å². The predicted molar refractivity (Wildman–Crippen MR) is 86.5 cm³/mol. The lowest BCUT2D eigenvalue weighted by atomic mass is 10.1. The van der Waals surface area contributed by atoms with Gasteiger partial charge in [0.05, 0.1) is 5.56 Å². The van der Waals surface area contributed by atoms with Crippen LogP contribution in [-0.4, -0.2) is 35.7 Å². The van der Waals surface area contributed by atoms with Gasteiger partial charge in [0.1, 0.15) is 18.0 Å². The van der Waals surface area contributed by atoms with Gasteiger partial charge in [0.25, 0.3) is 5.91 Å². The molecule has 0 saturated heterocycles. The first-order chi connectivity index (χ1) is 12.2. The third-order valence-electron chi connectivity index (χ3n) is 3.59. The summed E-state index contributed by atoms with van der Waals surface area (Å²) in [6, 6.07) is 9.45. The minimum absolute atomic E-state index is 0.172. The Morgan fingerprint density at radius 2 is 2.04 bits per heavy atom. The molecule has 0 radical (unpaired) electrons. The van der Waals surface area contributed by atoms with Crippen LogP contribution in [-0.2, 0) is 6.42 Å². The number of aromatic amines is 1. The van der Waals surface area contributed by atoms with Gasteiger partial charge in [-0.1, -0.05) is 12.1 Å². The molecular formula is C16H12FN7O. The number of nitrogens with zero attached hydrogens (tertiary/aromatic N) is 5. The minimum Gasteiger partial charge on any atom is -0.289 e.